The van der Waals surface area contributed by atoms with Gasteiger partial charge in [-0.25, -0.2) is 4.79 Å². The van der Waals surface area contributed by atoms with E-state index >= 15 is 0 Å². The van der Waals surface area contributed by atoms with Gasteiger partial charge in [-0.1, -0.05) is 6.07 Å². The highest BCUT2D eigenvalue weighted by atomic mass is 16.5. The van der Waals surface area contributed by atoms with Crippen LogP contribution in [-0.2, 0) is 4.74 Å². The Morgan fingerprint density at radius 3 is 2.79 bits per heavy atom. The Labute approximate surface area is 139 Å². The largest absolute Gasteiger partial charge is 0.462 e. The maximum absolute atomic E-state index is 12.5. The molecular weight excluding hydrogens is 304 g/mol. The molecule has 3 rings (SSSR count). The number of fused-ring (bicyclic) bond motifs is 1. The summed E-state index contributed by atoms with van der Waals surface area (Å²) in [7, 11) is 0. The lowest BCUT2D eigenvalue weighted by atomic mass is 9.99. The van der Waals surface area contributed by atoms with Crippen LogP contribution in [0.15, 0.2) is 41.5 Å². The molecule has 0 bridgehead atoms. The van der Waals surface area contributed by atoms with Gasteiger partial charge in [0, 0.05) is 29.0 Å². The number of hydrogen-bond donors (Lipinski definition) is 1. The molecule has 3 aromatic rings. The number of nitrogens with zero attached hydrogens (tertiary/aromatic N) is 1. The molecule has 0 fully saturated rings. The lowest BCUT2D eigenvalue weighted by Crippen LogP contribution is -2.18. The van der Waals surface area contributed by atoms with Crippen molar-refractivity contribution < 1.29 is 9.53 Å². The summed E-state index contributed by atoms with van der Waals surface area (Å²) < 4.78 is 4.91. The van der Waals surface area contributed by atoms with Crippen molar-refractivity contribution in [2.45, 2.75) is 20.8 Å². The number of ether oxygens (including phenoxy) is 1. The number of aromatic amines is 1. The van der Waals surface area contributed by atoms with Crippen molar-refractivity contribution in [1.29, 1.82) is 0 Å². The summed E-state index contributed by atoms with van der Waals surface area (Å²) >= 11 is 0. The molecule has 2 aromatic heterocycles. The average molecular weight is 322 g/mol. The van der Waals surface area contributed by atoms with Gasteiger partial charge >= 0.3 is 5.97 Å². The highest BCUT2D eigenvalue weighted by Crippen LogP contribution is 2.25. The maximum atomic E-state index is 12.5. The summed E-state index contributed by atoms with van der Waals surface area (Å²) in [6, 6.07) is 7.55. The van der Waals surface area contributed by atoms with Crippen LogP contribution in [0, 0.1) is 13.8 Å². The van der Waals surface area contributed by atoms with E-state index in [1.54, 1.807) is 13.0 Å². The summed E-state index contributed by atoms with van der Waals surface area (Å²) in [4.78, 5) is 31.6. The number of rotatable bonds is 3. The SMILES string of the molecule is CCOC(=O)c1c[nH]c2cc(-c3cc(C)ncc3C)ccc2c1=O. The van der Waals surface area contributed by atoms with Crippen LogP contribution in [0.25, 0.3) is 22.0 Å². The lowest BCUT2D eigenvalue weighted by Gasteiger charge is -2.09. The summed E-state index contributed by atoms with van der Waals surface area (Å²) in [5.41, 5.74) is 4.43. The van der Waals surface area contributed by atoms with Crippen LogP contribution in [0.4, 0.5) is 0 Å². The highest BCUT2D eigenvalue weighted by Gasteiger charge is 2.14. The van der Waals surface area contributed by atoms with Gasteiger partial charge in [-0.05, 0) is 55.7 Å². The molecule has 24 heavy (non-hydrogen) atoms. The first kappa shape index (κ1) is 15.9. The molecule has 122 valence electrons. The van der Waals surface area contributed by atoms with Crippen LogP contribution in [0.2, 0.25) is 0 Å². The standard InChI is InChI=1S/C19H18N2O3/c1-4-24-19(23)16-10-21-17-8-13(5-6-14(17)18(16)22)15-7-12(3)20-9-11(15)2/h5-10H,4H2,1-3H3,(H,21,22). The Morgan fingerprint density at radius 1 is 1.25 bits per heavy atom. The third-order valence-corrected chi connectivity index (χ3v) is 3.93. The van der Waals surface area contributed by atoms with Gasteiger partial charge in [0.2, 0.25) is 5.43 Å². The van der Waals surface area contributed by atoms with E-state index in [0.717, 1.165) is 22.4 Å². The number of H-pyrrole nitrogens is 1. The second-order valence-electron chi connectivity index (χ2n) is 5.65. The summed E-state index contributed by atoms with van der Waals surface area (Å²) in [5, 5.41) is 0.465. The molecule has 5 heteroatoms. The summed E-state index contributed by atoms with van der Waals surface area (Å²) in [5.74, 6) is -0.606. The van der Waals surface area contributed by atoms with Gasteiger partial charge in [-0.2, -0.15) is 0 Å². The number of aryl methyl sites for hydroxylation is 2. The Kier molecular flexibility index (Phi) is 4.16. The molecule has 1 N–H and O–H groups in total. The number of pyridine rings is 2. The number of carbonyl (C=O) groups is 1. The molecule has 2 heterocycles. The lowest BCUT2D eigenvalue weighted by molar-refractivity contribution is 0.0524. The molecule has 5 nitrogen and oxygen atoms in total. The zero-order valence-corrected chi connectivity index (χ0v) is 13.8. The molecule has 0 amide bonds. The summed E-state index contributed by atoms with van der Waals surface area (Å²) in [6.07, 6.45) is 3.25. The van der Waals surface area contributed by atoms with Gasteiger partial charge in [-0.15, -0.1) is 0 Å². The molecule has 0 saturated heterocycles. The molecule has 0 radical (unpaired) electrons. The van der Waals surface area contributed by atoms with Crippen LogP contribution < -0.4 is 5.43 Å². The fraction of sp³-hybridized carbons (Fsp3) is 0.211. The van der Waals surface area contributed by atoms with Gasteiger partial charge in [0.05, 0.1) is 6.61 Å². The number of esters is 1. The molecule has 1 aromatic carbocycles. The fourth-order valence-corrected chi connectivity index (χ4v) is 2.69. The Hall–Kier alpha value is -2.95. The number of hydrogen-bond acceptors (Lipinski definition) is 4. The topological polar surface area (TPSA) is 72.1 Å². The van der Waals surface area contributed by atoms with E-state index in [0.29, 0.717) is 10.9 Å². The fourth-order valence-electron chi connectivity index (χ4n) is 2.69. The van der Waals surface area contributed by atoms with Gasteiger partial charge in [0.25, 0.3) is 0 Å². The average Bonchev–Trinajstić information content (AvgIpc) is 2.57. The predicted octanol–water partition coefficient (Wildman–Crippen LogP) is 3.38. The van der Waals surface area contributed by atoms with Crippen molar-refractivity contribution in [2.24, 2.45) is 0 Å². The van der Waals surface area contributed by atoms with Gasteiger partial charge in [-0.3, -0.25) is 9.78 Å². The molecule has 0 atom stereocenters. The molecule has 0 aliphatic rings. The van der Waals surface area contributed by atoms with Crippen LogP contribution in [0.5, 0.6) is 0 Å². The first-order valence-corrected chi connectivity index (χ1v) is 7.77. The smallest absolute Gasteiger partial charge is 0.343 e. The van der Waals surface area contributed by atoms with Crippen LogP contribution >= 0.6 is 0 Å². The van der Waals surface area contributed by atoms with Crippen molar-refractivity contribution in [3.05, 3.63) is 63.7 Å². The van der Waals surface area contributed by atoms with Crippen molar-refractivity contribution in [3.63, 3.8) is 0 Å². The second-order valence-corrected chi connectivity index (χ2v) is 5.65. The minimum absolute atomic E-state index is 0.0213. The summed E-state index contributed by atoms with van der Waals surface area (Å²) in [6.45, 7) is 5.88. The van der Waals surface area contributed by atoms with Crippen molar-refractivity contribution >= 4 is 16.9 Å². The predicted molar refractivity (Wildman–Crippen MR) is 93.2 cm³/mol. The van der Waals surface area contributed by atoms with E-state index in [-0.39, 0.29) is 17.6 Å². The Morgan fingerprint density at radius 2 is 2.04 bits per heavy atom. The third kappa shape index (κ3) is 2.80. The van der Waals surface area contributed by atoms with Crippen LogP contribution in [0.3, 0.4) is 0 Å². The Balaban J connectivity index is 2.14. The zero-order chi connectivity index (χ0) is 17.3. The molecule has 0 spiro atoms. The number of benzene rings is 1. The molecular formula is C19H18N2O3. The van der Waals surface area contributed by atoms with Gasteiger partial charge in [0.1, 0.15) is 5.56 Å². The first-order chi connectivity index (χ1) is 11.5. The molecule has 0 aliphatic heterocycles. The van der Waals surface area contributed by atoms with Crippen LogP contribution in [0.1, 0.15) is 28.5 Å². The van der Waals surface area contributed by atoms with Crippen molar-refractivity contribution in [2.75, 3.05) is 6.61 Å². The first-order valence-electron chi connectivity index (χ1n) is 7.77. The highest BCUT2D eigenvalue weighted by molar-refractivity contribution is 5.94. The van der Waals surface area contributed by atoms with E-state index in [4.69, 9.17) is 4.74 Å². The van der Waals surface area contributed by atoms with Crippen molar-refractivity contribution in [1.82, 2.24) is 9.97 Å². The van der Waals surface area contributed by atoms with E-state index in [2.05, 4.69) is 9.97 Å². The Bertz CT molecular complexity index is 990. The van der Waals surface area contributed by atoms with Crippen molar-refractivity contribution in [3.8, 4) is 11.1 Å². The molecule has 0 aliphatic carbocycles. The van der Waals surface area contributed by atoms with E-state index in [1.807, 2.05) is 38.2 Å². The number of carbonyl (C=O) groups excluding carboxylic acids is 1. The number of aromatic nitrogens is 2. The maximum Gasteiger partial charge on any atom is 0.343 e. The van der Waals surface area contributed by atoms with Gasteiger partial charge < -0.3 is 9.72 Å². The van der Waals surface area contributed by atoms with Crippen LogP contribution in [-0.4, -0.2) is 22.5 Å². The van der Waals surface area contributed by atoms with E-state index in [1.165, 1.54) is 6.20 Å². The number of nitrogens with one attached hydrogen (secondary N) is 1. The normalized spacial score (nSPS) is 10.8. The monoisotopic (exact) mass is 322 g/mol. The van der Waals surface area contributed by atoms with Gasteiger partial charge in [0.15, 0.2) is 0 Å². The zero-order valence-electron chi connectivity index (χ0n) is 13.8. The van der Waals surface area contributed by atoms with E-state index in [9.17, 15) is 9.59 Å². The molecule has 0 unspecified atom stereocenters. The molecule has 0 saturated carbocycles. The third-order valence-electron chi connectivity index (χ3n) is 3.93. The minimum Gasteiger partial charge on any atom is -0.462 e. The van der Waals surface area contributed by atoms with E-state index < -0.39 is 5.97 Å². The minimum atomic E-state index is -0.606. The second kappa shape index (κ2) is 6.28. The quantitative estimate of drug-likeness (QED) is 0.750.